The lowest BCUT2D eigenvalue weighted by Crippen LogP contribution is -2.06. The molecule has 0 atom stereocenters. The van der Waals surface area contributed by atoms with Crippen molar-refractivity contribution in [2.24, 2.45) is 0 Å². The lowest BCUT2D eigenvalue weighted by Gasteiger charge is -2.12. The molecule has 0 radical (unpaired) electrons. The van der Waals surface area contributed by atoms with Gasteiger partial charge in [-0.3, -0.25) is 4.57 Å². The van der Waals surface area contributed by atoms with E-state index in [9.17, 15) is 5.48 Å². The minimum absolute atomic E-state index is 0.0432. The predicted octanol–water partition coefficient (Wildman–Crippen LogP) is 12.7. The third-order valence-electron chi connectivity index (χ3n) is 10.2. The zero-order valence-electron chi connectivity index (χ0n) is 38.6. The van der Waals surface area contributed by atoms with Crippen LogP contribution in [0.15, 0.2) is 200 Å². The Balaban J connectivity index is 1.17. The van der Waals surface area contributed by atoms with Gasteiger partial charge in [0.1, 0.15) is 0 Å². The molecule has 11 aromatic rings. The first-order valence-electron chi connectivity index (χ1n) is 22.6. The summed E-state index contributed by atoms with van der Waals surface area (Å²) in [5.41, 5.74) is 5.84. The van der Waals surface area contributed by atoms with Crippen molar-refractivity contribution < 1.29 is 12.3 Å². The smallest absolute Gasteiger partial charge is 0.238 e. The van der Waals surface area contributed by atoms with Crippen LogP contribution in [0.25, 0.3) is 100 Å². The fourth-order valence-corrected chi connectivity index (χ4v) is 7.64. The van der Waals surface area contributed by atoms with E-state index in [1.165, 1.54) is 0 Å². The maximum absolute atomic E-state index is 9.40. The van der Waals surface area contributed by atoms with Gasteiger partial charge >= 0.3 is 0 Å². The number of hydrogen-bond acceptors (Lipinski definition) is 3. The quantitative estimate of drug-likeness (QED) is 0.172. The molecular weight excluding hydrogens is 683 g/mol. The van der Waals surface area contributed by atoms with Gasteiger partial charge in [-0.15, -0.1) is 0 Å². The molecule has 8 aromatic carbocycles. The Morgan fingerprint density at radius 1 is 0.339 bits per heavy atom. The molecule has 3 heterocycles. The Labute approximate surface area is 336 Å². The highest BCUT2D eigenvalue weighted by Gasteiger charge is 2.22. The van der Waals surface area contributed by atoms with E-state index in [0.717, 1.165) is 54.8 Å². The summed E-state index contributed by atoms with van der Waals surface area (Å²) in [6, 6.07) is 42.5. The van der Waals surface area contributed by atoms with Gasteiger partial charge in [0.25, 0.3) is 0 Å². The van der Waals surface area contributed by atoms with E-state index in [0.29, 0.717) is 28.6 Å². The zero-order valence-corrected chi connectivity index (χ0v) is 29.6. The molecule has 56 heavy (non-hydrogen) atoms. The van der Waals surface area contributed by atoms with Gasteiger partial charge in [-0.05, 0) is 58.6 Å². The second kappa shape index (κ2) is 13.0. The summed E-state index contributed by atoms with van der Waals surface area (Å²) >= 11 is 0. The van der Waals surface area contributed by atoms with E-state index in [1.807, 2.05) is 126 Å². The maximum atomic E-state index is 9.40. The van der Waals surface area contributed by atoms with E-state index >= 15 is 0 Å². The topological polar surface area (TPSA) is 48.5 Å². The molecule has 0 aliphatic carbocycles. The Morgan fingerprint density at radius 2 is 0.804 bits per heavy atom. The molecule has 0 fully saturated rings. The normalized spacial score (nSPS) is 13.8. The Hall–Kier alpha value is -7.63. The molecule has 262 valence electrons. The van der Waals surface area contributed by atoms with Crippen LogP contribution in [0.2, 0.25) is 0 Å². The van der Waals surface area contributed by atoms with Gasteiger partial charge in [-0.25, -0.2) is 4.98 Å². The van der Waals surface area contributed by atoms with E-state index in [4.69, 9.17) is 21.8 Å². The van der Waals surface area contributed by atoms with Crippen molar-refractivity contribution in [3.05, 3.63) is 200 Å². The number of nitrogens with zero attached hydrogens (tertiary/aromatic N) is 5. The fraction of sp³-hybridized carbons (Fsp3) is 0. The van der Waals surface area contributed by atoms with E-state index in [-0.39, 0.29) is 11.3 Å². The number of hydrogen-bond donors (Lipinski definition) is 0. The summed E-state index contributed by atoms with van der Waals surface area (Å²) in [5, 5.41) is 3.34. The van der Waals surface area contributed by atoms with Crippen LogP contribution < -0.4 is 0 Å². The van der Waals surface area contributed by atoms with Gasteiger partial charge in [0.2, 0.25) is 5.95 Å². The van der Waals surface area contributed by atoms with Gasteiger partial charge in [-0.2, -0.15) is 9.97 Å². The van der Waals surface area contributed by atoms with Crippen LogP contribution in [0.4, 0.5) is 0 Å². The third-order valence-corrected chi connectivity index (χ3v) is 10.2. The summed E-state index contributed by atoms with van der Waals surface area (Å²) in [6.07, 6.45) is 0. The Bertz CT molecular complexity index is 3700. The molecule has 0 saturated heterocycles. The largest absolute Gasteiger partial charge is 0.309 e. The summed E-state index contributed by atoms with van der Waals surface area (Å²) in [4.78, 5) is 15.3. The highest BCUT2D eigenvalue weighted by Crippen LogP contribution is 2.42. The Morgan fingerprint density at radius 3 is 1.43 bits per heavy atom. The van der Waals surface area contributed by atoms with Crippen LogP contribution in [0, 0.1) is 0 Å². The number of aromatic nitrogens is 5. The molecule has 0 aliphatic heterocycles. The van der Waals surface area contributed by atoms with E-state index in [2.05, 4.69) is 24.3 Å². The van der Waals surface area contributed by atoms with Crippen molar-refractivity contribution in [3.63, 3.8) is 0 Å². The summed E-state index contributed by atoms with van der Waals surface area (Å²) in [5.74, 6) is 1.39. The minimum Gasteiger partial charge on any atom is -0.309 e. The molecular formula is C51H33N5. The zero-order chi connectivity index (χ0) is 44.8. The number of fused-ring (bicyclic) bond motifs is 7. The Kier molecular flexibility index (Phi) is 5.57. The first-order valence-corrected chi connectivity index (χ1v) is 18.1. The molecule has 0 N–H and O–H groups in total. The first-order chi connectivity index (χ1) is 31.5. The average molecular weight is 725 g/mol. The monoisotopic (exact) mass is 724 g/mol. The highest BCUT2D eigenvalue weighted by atomic mass is 15.2. The molecule has 3 aromatic heterocycles. The molecule has 0 unspecified atom stereocenters. The SMILES string of the molecule is [2H]c1c([2H])c([2H])c(-c2c([2H])c([2H])c(-n3c4ccccc4c4c5c6ccccc6n(-c6nc(-c7ccccc7)nc(-c7ccc(-c8ccccc8)cc7)n6)c5ccc43)c([2H])c2[2H])c([2H])c1[2H]. The standard InChI is InChI=1S/C51H33N5/c1-4-14-34(15-5-1)36-24-26-39(27-25-36)50-52-49(38-18-8-3-9-19-38)53-51(54-50)56-44-23-13-11-21-42(44)48-46(56)33-32-45-47(48)41-20-10-12-22-43(41)55(45)40-30-28-37(29-31-40)35-16-6-2-7-17-35/h1-33H/i2D,6D,7D,16D,17D,28D,29D,30D,31D. The van der Waals surface area contributed by atoms with Gasteiger partial charge in [0, 0.05) is 38.4 Å². The van der Waals surface area contributed by atoms with Crippen LogP contribution in [0.1, 0.15) is 12.3 Å². The lowest BCUT2D eigenvalue weighted by atomic mass is 10.0. The van der Waals surface area contributed by atoms with Crippen molar-refractivity contribution in [1.82, 2.24) is 24.1 Å². The van der Waals surface area contributed by atoms with Gasteiger partial charge in [0.05, 0.1) is 34.4 Å². The van der Waals surface area contributed by atoms with Gasteiger partial charge in [0.15, 0.2) is 11.6 Å². The van der Waals surface area contributed by atoms with Crippen molar-refractivity contribution in [3.8, 4) is 56.7 Å². The maximum Gasteiger partial charge on any atom is 0.238 e. The molecule has 0 saturated carbocycles. The van der Waals surface area contributed by atoms with Crippen molar-refractivity contribution in [2.75, 3.05) is 0 Å². The molecule has 5 heteroatoms. The van der Waals surface area contributed by atoms with Crippen molar-refractivity contribution in [2.45, 2.75) is 0 Å². The van der Waals surface area contributed by atoms with E-state index < -0.39 is 59.9 Å². The third kappa shape index (κ3) is 5.21. The van der Waals surface area contributed by atoms with E-state index in [1.54, 1.807) is 4.57 Å². The summed E-state index contributed by atoms with van der Waals surface area (Å²) < 4.78 is 82.7. The molecule has 0 amide bonds. The van der Waals surface area contributed by atoms with Crippen LogP contribution in [0.3, 0.4) is 0 Å². The first kappa shape index (κ1) is 23.9. The number of rotatable bonds is 6. The molecule has 0 aliphatic rings. The lowest BCUT2D eigenvalue weighted by molar-refractivity contribution is 0.953. The molecule has 11 rings (SSSR count). The highest BCUT2D eigenvalue weighted by molar-refractivity contribution is 6.28. The van der Waals surface area contributed by atoms with Crippen LogP contribution in [0.5, 0.6) is 0 Å². The number of benzene rings is 8. The molecule has 5 nitrogen and oxygen atoms in total. The second-order valence-electron chi connectivity index (χ2n) is 13.4. The molecule has 0 bridgehead atoms. The van der Waals surface area contributed by atoms with Crippen molar-refractivity contribution in [1.29, 1.82) is 0 Å². The summed E-state index contributed by atoms with van der Waals surface area (Å²) in [6.45, 7) is 0. The van der Waals surface area contributed by atoms with Crippen LogP contribution in [-0.4, -0.2) is 24.1 Å². The average Bonchev–Trinajstić information content (AvgIpc) is 3.86. The minimum atomic E-state index is -0.630. The van der Waals surface area contributed by atoms with Crippen LogP contribution in [-0.2, 0) is 0 Å². The molecule has 0 spiro atoms. The second-order valence-corrected chi connectivity index (χ2v) is 13.4. The predicted molar refractivity (Wildman–Crippen MR) is 230 cm³/mol. The van der Waals surface area contributed by atoms with Crippen LogP contribution >= 0.6 is 0 Å². The van der Waals surface area contributed by atoms with Gasteiger partial charge in [-0.1, -0.05) is 164 Å². The van der Waals surface area contributed by atoms with Crippen molar-refractivity contribution >= 4 is 43.6 Å². The summed E-state index contributed by atoms with van der Waals surface area (Å²) in [7, 11) is 0. The number of para-hydroxylation sites is 2. The van der Waals surface area contributed by atoms with Gasteiger partial charge < -0.3 is 4.57 Å². The fourth-order valence-electron chi connectivity index (χ4n) is 7.64.